The second-order valence-electron chi connectivity index (χ2n) is 23.6. The van der Waals surface area contributed by atoms with Gasteiger partial charge in [-0.3, -0.25) is 9.55 Å². The summed E-state index contributed by atoms with van der Waals surface area (Å²) in [5.41, 5.74) is 12.3. The van der Waals surface area contributed by atoms with Crippen molar-refractivity contribution in [1.82, 2.24) is 14.5 Å². The maximum Gasteiger partial charge on any atom is 0.149 e. The summed E-state index contributed by atoms with van der Waals surface area (Å²) in [5, 5.41) is 12.6. The molecule has 2 aromatic heterocycles. The Bertz CT molecular complexity index is 3480. The van der Waals surface area contributed by atoms with Crippen molar-refractivity contribution in [3.8, 4) is 67.5 Å². The Morgan fingerprint density at radius 3 is 1.78 bits per heavy atom. The lowest BCUT2D eigenvalue weighted by atomic mass is 9.79. The van der Waals surface area contributed by atoms with Gasteiger partial charge in [-0.2, -0.15) is 0 Å². The van der Waals surface area contributed by atoms with Crippen LogP contribution in [0, 0.1) is 0 Å². The van der Waals surface area contributed by atoms with Crippen LogP contribution in [0.25, 0.3) is 72.7 Å². The minimum absolute atomic E-state index is 0.143. The molecular weight excluding hydrogens is 839 g/mol. The number of aromatic nitrogens is 3. The highest BCUT2D eigenvalue weighted by molar-refractivity contribution is 5.97. The van der Waals surface area contributed by atoms with Gasteiger partial charge in [-0.05, 0) is 137 Å². The third kappa shape index (κ3) is 9.83. The molecule has 1 N–H and O–H groups in total. The van der Waals surface area contributed by atoms with Gasteiger partial charge in [-0.15, -0.1) is 0 Å². The average molecular weight is 921 g/mol. The van der Waals surface area contributed by atoms with Crippen LogP contribution in [-0.4, -0.2) is 19.6 Å². The van der Waals surface area contributed by atoms with Gasteiger partial charge in [0.15, 0.2) is 0 Å². The van der Waals surface area contributed by atoms with Crippen LogP contribution in [0.1, 0.15) is 166 Å². The first-order chi connectivity index (χ1) is 34.9. The number of para-hydroxylation sites is 1. The number of benzene rings is 6. The van der Waals surface area contributed by atoms with Crippen molar-refractivity contribution in [2.75, 3.05) is 0 Å². The molecule has 0 atom stereocenters. The molecule has 0 unspecified atom stereocenters. The van der Waals surface area contributed by atoms with Crippen molar-refractivity contribution in [3.63, 3.8) is 0 Å². The zero-order valence-electron chi connectivity index (χ0n) is 50.5. The molecule has 0 saturated carbocycles. The molecule has 2 heterocycles. The van der Waals surface area contributed by atoms with E-state index in [4.69, 9.17) is 18.2 Å². The molecule has 0 amide bonds. The number of aromatic hydroxyl groups is 1. The summed E-state index contributed by atoms with van der Waals surface area (Å²) in [4.78, 5) is 10.5. The van der Waals surface area contributed by atoms with Crippen molar-refractivity contribution < 1.29 is 14.7 Å². The largest absolute Gasteiger partial charge is 0.507 e. The fourth-order valence-electron chi connectivity index (χ4n) is 9.40. The Morgan fingerprint density at radius 1 is 0.507 bits per heavy atom. The maximum absolute atomic E-state index is 12.6. The molecule has 356 valence electrons. The standard InChI is InChI=1S/C65H75N3O/c1-40(2)52-39-48(29-30-50(52)51-21-18-19-23-54(51)64(12,13)14)68-57-24-20-22-49(58(57)67-60(68)53-37-47(63(9,10)11)38-55(59(53)69)65(15,16)17)43-33-44(35-46(34-43)62(6,7)8)56-36-42(31-32-66-56)41-25-27-45(28-26-41)61(3,4)5/h18-40,69H,1-17H3/i3D3,4D3,40D. The molecule has 0 aliphatic heterocycles. The van der Waals surface area contributed by atoms with E-state index in [2.05, 4.69) is 179 Å². The van der Waals surface area contributed by atoms with Crippen LogP contribution in [0.4, 0.5) is 0 Å². The molecule has 4 heteroatoms. The number of rotatable bonds is 7. The Hall–Kier alpha value is -6.26. The fraction of sp³-hybridized carbons (Fsp3) is 0.354. The van der Waals surface area contributed by atoms with Gasteiger partial charge in [0.2, 0.25) is 0 Å². The van der Waals surface area contributed by atoms with Gasteiger partial charge in [0.05, 0.1) is 22.3 Å². The molecule has 8 rings (SSSR count). The van der Waals surface area contributed by atoms with E-state index in [0.29, 0.717) is 11.4 Å². The smallest absolute Gasteiger partial charge is 0.149 e. The Kier molecular flexibility index (Phi) is 10.4. The Balaban J connectivity index is 1.38. The number of hydrogen-bond acceptors (Lipinski definition) is 3. The SMILES string of the molecule is [2H]C(C)(C)c1cc(-n2c(-c3cc(C(C)(C)C)cc(C(C)(C)C)c3O)nc3c(-c4cc(-c5cc(-c6ccc(C(C)(C([2H])([2H])[2H])C([2H])([2H])[2H])cc6)ccn5)cc(C(C)(C)C)c4)cccc32)ccc1-c1ccccc1C(C)(C)C. The summed E-state index contributed by atoms with van der Waals surface area (Å²) in [5.74, 6) is -0.235. The molecule has 8 aromatic rings. The van der Waals surface area contributed by atoms with Crippen LogP contribution in [0.3, 0.4) is 0 Å². The molecular formula is C65H75N3O. The van der Waals surface area contributed by atoms with Gasteiger partial charge in [0, 0.05) is 38.2 Å². The first kappa shape index (κ1) is 40.6. The van der Waals surface area contributed by atoms with Crippen LogP contribution in [-0.2, 0) is 27.1 Å². The number of fused-ring (bicyclic) bond motifs is 1. The van der Waals surface area contributed by atoms with Crippen molar-refractivity contribution in [1.29, 1.82) is 0 Å². The highest BCUT2D eigenvalue weighted by Gasteiger charge is 2.30. The molecule has 0 aliphatic rings. The third-order valence-corrected chi connectivity index (χ3v) is 13.5. The first-order valence-corrected chi connectivity index (χ1v) is 24.3. The summed E-state index contributed by atoms with van der Waals surface area (Å²) in [6.07, 6.45) is 1.76. The van der Waals surface area contributed by atoms with Crippen LogP contribution in [0.2, 0.25) is 0 Å². The number of imidazole rings is 1. The molecule has 4 nitrogen and oxygen atoms in total. The van der Waals surface area contributed by atoms with E-state index in [0.717, 1.165) is 83.6 Å². The lowest BCUT2D eigenvalue weighted by Gasteiger charge is -2.28. The maximum atomic E-state index is 12.6. The number of nitrogens with zero attached hydrogens (tertiary/aromatic N) is 3. The van der Waals surface area contributed by atoms with Crippen molar-refractivity contribution in [3.05, 3.63) is 167 Å². The predicted molar refractivity (Wildman–Crippen MR) is 295 cm³/mol. The predicted octanol–water partition coefficient (Wildman–Crippen LogP) is 18.1. The van der Waals surface area contributed by atoms with Gasteiger partial charge in [0.1, 0.15) is 11.6 Å². The number of phenols is 1. The van der Waals surface area contributed by atoms with Crippen LogP contribution in [0.5, 0.6) is 5.75 Å². The molecule has 6 aromatic carbocycles. The summed E-state index contributed by atoms with van der Waals surface area (Å²) >= 11 is 0. The first-order valence-electron chi connectivity index (χ1n) is 27.8. The van der Waals surface area contributed by atoms with Gasteiger partial charge in [0.25, 0.3) is 0 Å². The van der Waals surface area contributed by atoms with E-state index in [1.807, 2.05) is 26.0 Å². The van der Waals surface area contributed by atoms with Crippen molar-refractivity contribution >= 4 is 11.0 Å². The number of pyridine rings is 1. The average Bonchev–Trinajstić information content (AvgIpc) is 3.71. The Labute approximate surface area is 423 Å². The van der Waals surface area contributed by atoms with Gasteiger partial charge < -0.3 is 5.11 Å². The van der Waals surface area contributed by atoms with E-state index < -0.39 is 30.4 Å². The minimum atomic E-state index is -2.76. The Morgan fingerprint density at radius 2 is 1.14 bits per heavy atom. The number of phenolic OH excluding ortho intramolecular Hbond substituents is 1. The van der Waals surface area contributed by atoms with E-state index in [9.17, 15) is 6.48 Å². The van der Waals surface area contributed by atoms with E-state index in [1.54, 1.807) is 30.5 Å². The molecule has 69 heavy (non-hydrogen) atoms. The molecule has 0 aliphatic carbocycles. The van der Waals surface area contributed by atoms with Crippen LogP contribution >= 0.6 is 0 Å². The monoisotopic (exact) mass is 921 g/mol. The molecule has 0 fully saturated rings. The summed E-state index contributed by atoms with van der Waals surface area (Å²) in [6.45, 7) is 25.8. The van der Waals surface area contributed by atoms with Crippen molar-refractivity contribution in [2.45, 2.75) is 151 Å². The highest BCUT2D eigenvalue weighted by Crippen LogP contribution is 2.46. The quantitative estimate of drug-likeness (QED) is 0.173. The zero-order chi connectivity index (χ0) is 56.1. The van der Waals surface area contributed by atoms with Gasteiger partial charge in [-0.1, -0.05) is 196 Å². The fourth-order valence-corrected chi connectivity index (χ4v) is 9.40. The van der Waals surface area contributed by atoms with Crippen molar-refractivity contribution in [2.24, 2.45) is 0 Å². The highest BCUT2D eigenvalue weighted by atomic mass is 16.3. The van der Waals surface area contributed by atoms with Gasteiger partial charge >= 0.3 is 0 Å². The van der Waals surface area contributed by atoms with E-state index in [-0.39, 0.29) is 27.6 Å². The second-order valence-corrected chi connectivity index (χ2v) is 23.6. The second kappa shape index (κ2) is 17.6. The molecule has 0 spiro atoms. The lowest BCUT2D eigenvalue weighted by molar-refractivity contribution is 0.446. The minimum Gasteiger partial charge on any atom is -0.507 e. The van der Waals surface area contributed by atoms with Crippen LogP contribution < -0.4 is 0 Å². The molecule has 0 radical (unpaired) electrons. The topological polar surface area (TPSA) is 50.9 Å². The molecule has 0 bridgehead atoms. The molecule has 0 saturated heterocycles. The summed E-state index contributed by atoms with van der Waals surface area (Å²) in [6, 6.07) is 42.6. The van der Waals surface area contributed by atoms with Crippen LogP contribution in [0.15, 0.2) is 134 Å². The normalized spacial score (nSPS) is 14.9. The zero-order valence-corrected chi connectivity index (χ0v) is 43.5. The van der Waals surface area contributed by atoms with Gasteiger partial charge in [-0.25, -0.2) is 4.98 Å². The summed E-state index contributed by atoms with van der Waals surface area (Å²) in [7, 11) is 0. The lowest BCUT2D eigenvalue weighted by Crippen LogP contribution is -2.17. The van der Waals surface area contributed by atoms with E-state index >= 15 is 0 Å². The third-order valence-electron chi connectivity index (χ3n) is 13.5. The summed E-state index contributed by atoms with van der Waals surface area (Å²) < 4.78 is 60.9. The van der Waals surface area contributed by atoms with E-state index in [1.165, 1.54) is 12.5 Å². The number of hydrogen-bond donors (Lipinski definition) is 1.